The third-order valence-corrected chi connectivity index (χ3v) is 4.59. The fourth-order valence-electron chi connectivity index (χ4n) is 2.87. The van der Waals surface area contributed by atoms with Crippen LogP contribution in [-0.4, -0.2) is 55.6 Å². The number of hydrogen-bond donors (Lipinski definition) is 2. The summed E-state index contributed by atoms with van der Waals surface area (Å²) in [5.41, 5.74) is 0. The first kappa shape index (κ1) is 20.4. The van der Waals surface area contributed by atoms with E-state index in [9.17, 15) is 4.79 Å². The molecule has 7 heteroatoms. The van der Waals surface area contributed by atoms with Crippen LogP contribution >= 0.6 is 11.6 Å². The van der Waals surface area contributed by atoms with Gasteiger partial charge in [-0.3, -0.25) is 9.79 Å². The summed E-state index contributed by atoms with van der Waals surface area (Å²) in [6.45, 7) is 7.93. The topological polar surface area (TPSA) is 66.0 Å². The molecule has 26 heavy (non-hydrogen) atoms. The first-order valence-electron chi connectivity index (χ1n) is 9.07. The number of nitrogens with one attached hydrogen (secondary N) is 2. The fraction of sp³-hybridized carbons (Fsp3) is 0.579. The van der Waals surface area contributed by atoms with Crippen molar-refractivity contribution in [2.24, 2.45) is 10.9 Å². The van der Waals surface area contributed by atoms with Gasteiger partial charge < -0.3 is 20.3 Å². The summed E-state index contributed by atoms with van der Waals surface area (Å²) in [7, 11) is 1.74. The Bertz CT molecular complexity index is 636. The van der Waals surface area contributed by atoms with Gasteiger partial charge in [0.2, 0.25) is 5.91 Å². The van der Waals surface area contributed by atoms with E-state index in [0.717, 1.165) is 13.0 Å². The minimum absolute atomic E-state index is 0.0361. The smallest absolute Gasteiger partial charge is 0.225 e. The van der Waals surface area contributed by atoms with E-state index in [1.807, 2.05) is 49.9 Å². The standard InChI is InChI=1S/C19H29ClN4O2/c1-13(2)18(25)24-10-9-15(12-24)23-19(21-4)22-11-14(3)26-17-8-6-5-7-16(17)20/h5-8,13-15H,9-12H2,1-4H3,(H2,21,22,23). The highest BCUT2D eigenvalue weighted by atomic mass is 35.5. The lowest BCUT2D eigenvalue weighted by Gasteiger charge is -2.21. The van der Waals surface area contributed by atoms with Crippen molar-refractivity contribution >= 4 is 23.5 Å². The molecule has 1 aliphatic heterocycles. The van der Waals surface area contributed by atoms with Gasteiger partial charge >= 0.3 is 0 Å². The Morgan fingerprint density at radius 2 is 2.12 bits per heavy atom. The van der Waals surface area contributed by atoms with Crippen LogP contribution in [0.2, 0.25) is 5.02 Å². The fourth-order valence-corrected chi connectivity index (χ4v) is 3.05. The lowest BCUT2D eigenvalue weighted by atomic mass is 10.2. The molecule has 2 rings (SSSR count). The summed E-state index contributed by atoms with van der Waals surface area (Å²) in [5.74, 6) is 1.63. The Morgan fingerprint density at radius 1 is 1.38 bits per heavy atom. The average Bonchev–Trinajstić information content (AvgIpc) is 3.08. The molecule has 144 valence electrons. The Balaban J connectivity index is 1.78. The minimum Gasteiger partial charge on any atom is -0.487 e. The summed E-state index contributed by atoms with van der Waals surface area (Å²) in [4.78, 5) is 18.3. The van der Waals surface area contributed by atoms with Gasteiger partial charge in [-0.15, -0.1) is 0 Å². The lowest BCUT2D eigenvalue weighted by molar-refractivity contribution is -0.133. The zero-order chi connectivity index (χ0) is 19.1. The number of benzene rings is 1. The van der Waals surface area contributed by atoms with Gasteiger partial charge in [-0.25, -0.2) is 0 Å². The molecular formula is C19H29ClN4O2. The third-order valence-electron chi connectivity index (χ3n) is 4.28. The number of nitrogens with zero attached hydrogens (tertiary/aromatic N) is 2. The normalized spacial score (nSPS) is 18.8. The second-order valence-electron chi connectivity index (χ2n) is 6.88. The molecule has 1 fully saturated rings. The molecule has 1 aromatic carbocycles. The lowest BCUT2D eigenvalue weighted by Crippen LogP contribution is -2.47. The number of carbonyl (C=O) groups is 1. The molecule has 0 radical (unpaired) electrons. The zero-order valence-corrected chi connectivity index (χ0v) is 16.7. The molecule has 1 heterocycles. The Hall–Kier alpha value is -1.95. The summed E-state index contributed by atoms with van der Waals surface area (Å²) < 4.78 is 5.85. The van der Waals surface area contributed by atoms with E-state index in [1.54, 1.807) is 7.05 Å². The van der Waals surface area contributed by atoms with Gasteiger partial charge in [-0.05, 0) is 25.5 Å². The van der Waals surface area contributed by atoms with E-state index >= 15 is 0 Å². The molecule has 6 nitrogen and oxygen atoms in total. The first-order valence-corrected chi connectivity index (χ1v) is 9.45. The van der Waals surface area contributed by atoms with E-state index in [4.69, 9.17) is 16.3 Å². The van der Waals surface area contributed by atoms with Crippen molar-refractivity contribution in [1.29, 1.82) is 0 Å². The molecule has 0 aromatic heterocycles. The molecule has 1 aromatic rings. The van der Waals surface area contributed by atoms with E-state index in [0.29, 0.717) is 29.8 Å². The molecule has 2 unspecified atom stereocenters. The second kappa shape index (κ2) is 9.67. The van der Waals surface area contributed by atoms with Crippen LogP contribution in [0.25, 0.3) is 0 Å². The van der Waals surface area contributed by atoms with Gasteiger partial charge in [0.25, 0.3) is 0 Å². The van der Waals surface area contributed by atoms with Gasteiger partial charge in [0, 0.05) is 32.1 Å². The molecule has 1 saturated heterocycles. The average molecular weight is 381 g/mol. The number of aliphatic imine (C=N–C) groups is 1. The maximum atomic E-state index is 12.1. The van der Waals surface area contributed by atoms with Crippen LogP contribution in [0.5, 0.6) is 5.75 Å². The molecule has 1 aliphatic rings. The molecule has 0 aliphatic carbocycles. The van der Waals surface area contributed by atoms with Crippen LogP contribution in [-0.2, 0) is 4.79 Å². The van der Waals surface area contributed by atoms with Crippen LogP contribution in [0, 0.1) is 5.92 Å². The van der Waals surface area contributed by atoms with Gasteiger partial charge in [-0.1, -0.05) is 37.6 Å². The summed E-state index contributed by atoms with van der Waals surface area (Å²) in [5, 5.41) is 7.25. The molecule has 0 spiro atoms. The van der Waals surface area contributed by atoms with Crippen molar-refractivity contribution in [2.75, 3.05) is 26.7 Å². The quantitative estimate of drug-likeness (QED) is 0.588. The maximum absolute atomic E-state index is 12.1. The van der Waals surface area contributed by atoms with Crippen molar-refractivity contribution < 1.29 is 9.53 Å². The number of likely N-dealkylation sites (tertiary alicyclic amines) is 1. The van der Waals surface area contributed by atoms with Crippen LogP contribution in [0.4, 0.5) is 0 Å². The third kappa shape index (κ3) is 5.80. The number of para-hydroxylation sites is 1. The minimum atomic E-state index is -0.0731. The number of amides is 1. The second-order valence-corrected chi connectivity index (χ2v) is 7.29. The highest BCUT2D eigenvalue weighted by Gasteiger charge is 2.28. The zero-order valence-electron chi connectivity index (χ0n) is 16.0. The molecule has 2 atom stereocenters. The predicted octanol–water partition coefficient (Wildman–Crippen LogP) is 2.53. The van der Waals surface area contributed by atoms with Crippen molar-refractivity contribution in [2.45, 2.75) is 39.3 Å². The van der Waals surface area contributed by atoms with E-state index in [1.165, 1.54) is 0 Å². The van der Waals surface area contributed by atoms with Gasteiger partial charge in [0.05, 0.1) is 11.6 Å². The van der Waals surface area contributed by atoms with E-state index in [-0.39, 0.29) is 24.0 Å². The maximum Gasteiger partial charge on any atom is 0.225 e. The number of ether oxygens (including phenoxy) is 1. The summed E-state index contributed by atoms with van der Waals surface area (Å²) >= 11 is 6.12. The molecule has 1 amide bonds. The van der Waals surface area contributed by atoms with Gasteiger partial charge in [0.15, 0.2) is 5.96 Å². The molecule has 2 N–H and O–H groups in total. The van der Waals surface area contributed by atoms with Crippen molar-refractivity contribution in [3.8, 4) is 5.75 Å². The van der Waals surface area contributed by atoms with E-state index < -0.39 is 0 Å². The Labute approximate surface area is 161 Å². The van der Waals surface area contributed by atoms with Crippen LogP contribution in [0.1, 0.15) is 27.2 Å². The predicted molar refractivity (Wildman–Crippen MR) is 106 cm³/mol. The largest absolute Gasteiger partial charge is 0.487 e. The monoisotopic (exact) mass is 380 g/mol. The van der Waals surface area contributed by atoms with Crippen molar-refractivity contribution in [1.82, 2.24) is 15.5 Å². The summed E-state index contributed by atoms with van der Waals surface area (Å²) in [6, 6.07) is 7.64. The Morgan fingerprint density at radius 3 is 2.77 bits per heavy atom. The van der Waals surface area contributed by atoms with Crippen LogP contribution in [0.3, 0.4) is 0 Å². The first-order chi connectivity index (χ1) is 12.4. The van der Waals surface area contributed by atoms with Crippen LogP contribution < -0.4 is 15.4 Å². The van der Waals surface area contributed by atoms with Crippen molar-refractivity contribution in [3.63, 3.8) is 0 Å². The number of rotatable bonds is 6. The molecule has 0 bridgehead atoms. The number of guanidine groups is 1. The van der Waals surface area contributed by atoms with E-state index in [2.05, 4.69) is 15.6 Å². The Kier molecular flexibility index (Phi) is 7.57. The highest BCUT2D eigenvalue weighted by molar-refractivity contribution is 6.32. The number of halogens is 1. The highest BCUT2D eigenvalue weighted by Crippen LogP contribution is 2.24. The van der Waals surface area contributed by atoms with Gasteiger partial charge in [-0.2, -0.15) is 0 Å². The van der Waals surface area contributed by atoms with Crippen LogP contribution in [0.15, 0.2) is 29.3 Å². The molecule has 0 saturated carbocycles. The summed E-state index contributed by atoms with van der Waals surface area (Å²) in [6.07, 6.45) is 0.848. The van der Waals surface area contributed by atoms with Crippen molar-refractivity contribution in [3.05, 3.63) is 29.3 Å². The number of hydrogen-bond acceptors (Lipinski definition) is 3. The van der Waals surface area contributed by atoms with Gasteiger partial charge in [0.1, 0.15) is 11.9 Å². The SMILES string of the molecule is CN=C(NCC(C)Oc1ccccc1Cl)NC1CCN(C(=O)C(C)C)C1. The molecular weight excluding hydrogens is 352 g/mol. The number of carbonyl (C=O) groups excluding carboxylic acids is 1.